The highest BCUT2D eigenvalue weighted by Gasteiger charge is 2.47. The van der Waals surface area contributed by atoms with Crippen LogP contribution in [0.3, 0.4) is 0 Å². The molecule has 0 radical (unpaired) electrons. The molecular formula is C36H53N5O4Si2. The Morgan fingerprint density at radius 1 is 0.872 bits per heavy atom. The van der Waals surface area contributed by atoms with Crippen LogP contribution >= 0.6 is 0 Å². The van der Waals surface area contributed by atoms with E-state index in [2.05, 4.69) is 67.7 Å². The van der Waals surface area contributed by atoms with Crippen molar-refractivity contribution >= 4 is 39.4 Å². The Bertz CT molecular complexity index is 1630. The third kappa shape index (κ3) is 7.80. The van der Waals surface area contributed by atoms with Gasteiger partial charge in [-0.25, -0.2) is 4.98 Å². The maximum atomic E-state index is 7.05. The molecule has 1 aliphatic heterocycles. The molecule has 5 rings (SSSR count). The Morgan fingerprint density at radius 2 is 1.49 bits per heavy atom. The molecule has 1 fully saturated rings. The van der Waals surface area contributed by atoms with E-state index in [1.54, 1.807) is 6.33 Å². The van der Waals surface area contributed by atoms with Gasteiger partial charge in [-0.05, 0) is 54.0 Å². The summed E-state index contributed by atoms with van der Waals surface area (Å²) in [4.78, 5) is 16.7. The number of hydrogen-bond acceptors (Lipinski definition) is 8. The van der Waals surface area contributed by atoms with Crippen molar-refractivity contribution in [3.8, 4) is 5.88 Å². The summed E-state index contributed by atoms with van der Waals surface area (Å²) in [5.74, 6) is 0.943. The van der Waals surface area contributed by atoms with Gasteiger partial charge in [-0.1, -0.05) is 90.1 Å². The average Bonchev–Trinajstić information content (AvgIpc) is 3.62. The minimum absolute atomic E-state index is 0.0623. The first-order chi connectivity index (χ1) is 22.0. The summed E-state index contributed by atoms with van der Waals surface area (Å²) in [6.45, 7) is 23.6. The molecular weight excluding hydrogens is 623 g/mol. The van der Waals surface area contributed by atoms with Gasteiger partial charge < -0.3 is 23.2 Å². The lowest BCUT2D eigenvalue weighted by molar-refractivity contribution is -0.0383. The van der Waals surface area contributed by atoms with Crippen LogP contribution in [0.2, 0.25) is 36.3 Å². The van der Waals surface area contributed by atoms with E-state index in [1.165, 1.54) is 0 Å². The van der Waals surface area contributed by atoms with Gasteiger partial charge in [0.05, 0.1) is 19.0 Å². The van der Waals surface area contributed by atoms with E-state index in [1.807, 2.05) is 77.2 Å². The molecule has 0 amide bonds. The first-order valence-corrected chi connectivity index (χ1v) is 22.5. The third-order valence-electron chi connectivity index (χ3n) is 10.2. The topological polar surface area (TPSA) is 83.8 Å². The second-order valence-corrected chi connectivity index (χ2v) is 25.2. The Morgan fingerprint density at radius 3 is 2.11 bits per heavy atom. The van der Waals surface area contributed by atoms with Crippen molar-refractivity contribution in [1.29, 1.82) is 0 Å². The molecule has 0 saturated carbocycles. The van der Waals surface area contributed by atoms with Crippen LogP contribution in [0.15, 0.2) is 67.0 Å². The standard InChI is InChI=1S/C36H53N5O4Si2/c1-35(2,3)46(8,9)43-24-29-28(45-47(10,11)36(4,5)6)22-30(44-29)41-25-37-31-32(41)38-34(40(7)27-20-16-13-17-21-27)39-33(31)42-23-26-18-14-12-15-19-26/h12-21,25,28-30H,22-24H2,1-11H3/t28-,29+,30+/m0/s1. The fraction of sp³-hybridized carbons (Fsp3) is 0.528. The van der Waals surface area contributed by atoms with Crippen LogP contribution in [0.4, 0.5) is 11.6 Å². The molecule has 0 N–H and O–H groups in total. The second kappa shape index (κ2) is 13.4. The van der Waals surface area contributed by atoms with Crippen LogP contribution in [0, 0.1) is 0 Å². The Labute approximate surface area is 282 Å². The first-order valence-electron chi connectivity index (χ1n) is 16.6. The molecule has 9 nitrogen and oxygen atoms in total. The van der Waals surface area contributed by atoms with Crippen LogP contribution in [0.25, 0.3) is 11.2 Å². The summed E-state index contributed by atoms with van der Waals surface area (Å²) in [5.41, 5.74) is 3.26. The number of rotatable bonds is 11. The number of imidazole rings is 1. The number of ether oxygens (including phenoxy) is 2. The summed E-state index contributed by atoms with van der Waals surface area (Å²) < 4.78 is 29.0. The van der Waals surface area contributed by atoms with Gasteiger partial charge in [-0.3, -0.25) is 4.57 Å². The molecule has 0 spiro atoms. The predicted molar refractivity (Wildman–Crippen MR) is 194 cm³/mol. The molecule has 11 heteroatoms. The van der Waals surface area contributed by atoms with E-state index in [4.69, 9.17) is 33.3 Å². The first kappa shape index (κ1) is 35.2. The molecule has 254 valence electrons. The molecule has 1 aliphatic rings. The summed E-state index contributed by atoms with van der Waals surface area (Å²) in [6, 6.07) is 20.1. The Hall–Kier alpha value is -3.10. The van der Waals surface area contributed by atoms with Crippen molar-refractivity contribution in [3.63, 3.8) is 0 Å². The van der Waals surface area contributed by atoms with Crippen molar-refractivity contribution in [2.45, 2.75) is 109 Å². The lowest BCUT2D eigenvalue weighted by Crippen LogP contribution is -2.48. The largest absolute Gasteiger partial charge is 0.471 e. The highest BCUT2D eigenvalue weighted by atomic mass is 28.4. The Kier molecular flexibility index (Phi) is 10.1. The highest BCUT2D eigenvalue weighted by Crippen LogP contribution is 2.43. The van der Waals surface area contributed by atoms with Gasteiger partial charge in [0.15, 0.2) is 27.8 Å². The highest BCUT2D eigenvalue weighted by molar-refractivity contribution is 6.74. The van der Waals surface area contributed by atoms with Crippen molar-refractivity contribution in [3.05, 3.63) is 72.6 Å². The van der Waals surface area contributed by atoms with E-state index < -0.39 is 16.6 Å². The van der Waals surface area contributed by atoms with Crippen LogP contribution in [-0.2, 0) is 20.2 Å². The third-order valence-corrected chi connectivity index (χ3v) is 19.2. The van der Waals surface area contributed by atoms with Crippen molar-refractivity contribution in [1.82, 2.24) is 19.5 Å². The van der Waals surface area contributed by atoms with E-state index in [-0.39, 0.29) is 28.5 Å². The van der Waals surface area contributed by atoms with Crippen molar-refractivity contribution in [2.75, 3.05) is 18.6 Å². The molecule has 47 heavy (non-hydrogen) atoms. The zero-order valence-corrected chi connectivity index (χ0v) is 32.1. The maximum Gasteiger partial charge on any atom is 0.247 e. The van der Waals surface area contributed by atoms with Gasteiger partial charge in [0, 0.05) is 19.2 Å². The Balaban J connectivity index is 1.51. The molecule has 3 atom stereocenters. The fourth-order valence-corrected chi connectivity index (χ4v) is 7.41. The van der Waals surface area contributed by atoms with E-state index >= 15 is 0 Å². The molecule has 0 bridgehead atoms. The van der Waals surface area contributed by atoms with Crippen molar-refractivity contribution < 1.29 is 18.3 Å². The van der Waals surface area contributed by atoms with Gasteiger partial charge in [0.1, 0.15) is 18.9 Å². The molecule has 2 aromatic heterocycles. The molecule has 0 aliphatic carbocycles. The predicted octanol–water partition coefficient (Wildman–Crippen LogP) is 8.87. The zero-order chi connectivity index (χ0) is 34.2. The van der Waals surface area contributed by atoms with Crippen molar-refractivity contribution in [2.24, 2.45) is 0 Å². The lowest BCUT2D eigenvalue weighted by atomic mass is 10.2. The minimum atomic E-state index is -2.11. The normalized spacial score (nSPS) is 19.3. The molecule has 0 unspecified atom stereocenters. The lowest BCUT2D eigenvalue weighted by Gasteiger charge is -2.40. The van der Waals surface area contributed by atoms with Crippen LogP contribution in [0.1, 0.15) is 59.8 Å². The van der Waals surface area contributed by atoms with Crippen LogP contribution < -0.4 is 9.64 Å². The molecule has 1 saturated heterocycles. The molecule has 2 aromatic carbocycles. The van der Waals surface area contributed by atoms with Gasteiger partial charge in [0.25, 0.3) is 0 Å². The maximum absolute atomic E-state index is 7.05. The van der Waals surface area contributed by atoms with Gasteiger partial charge in [-0.15, -0.1) is 0 Å². The summed E-state index contributed by atoms with van der Waals surface area (Å²) >= 11 is 0. The summed E-state index contributed by atoms with van der Waals surface area (Å²) in [6.07, 6.45) is 1.78. The number of hydrogen-bond donors (Lipinski definition) is 0. The van der Waals surface area contributed by atoms with Gasteiger partial charge in [-0.2, -0.15) is 9.97 Å². The van der Waals surface area contributed by atoms with E-state index in [9.17, 15) is 0 Å². The number of anilines is 2. The van der Waals surface area contributed by atoms with E-state index in [0.717, 1.165) is 11.3 Å². The number of nitrogens with zero attached hydrogens (tertiary/aromatic N) is 5. The fourth-order valence-electron chi connectivity index (χ4n) is 5.04. The summed E-state index contributed by atoms with van der Waals surface area (Å²) in [7, 11) is -2.16. The minimum Gasteiger partial charge on any atom is -0.471 e. The van der Waals surface area contributed by atoms with Crippen LogP contribution in [0.5, 0.6) is 5.88 Å². The number of para-hydroxylation sites is 1. The van der Waals surface area contributed by atoms with E-state index in [0.29, 0.717) is 42.6 Å². The smallest absolute Gasteiger partial charge is 0.247 e. The van der Waals surface area contributed by atoms with Gasteiger partial charge in [0.2, 0.25) is 11.8 Å². The number of fused-ring (bicyclic) bond motifs is 1. The summed E-state index contributed by atoms with van der Waals surface area (Å²) in [5, 5.41) is 0.155. The molecule has 3 heterocycles. The number of benzene rings is 2. The van der Waals surface area contributed by atoms with Gasteiger partial charge >= 0.3 is 0 Å². The zero-order valence-electron chi connectivity index (χ0n) is 30.1. The number of aromatic nitrogens is 4. The second-order valence-electron chi connectivity index (χ2n) is 15.7. The monoisotopic (exact) mass is 675 g/mol. The SMILES string of the molecule is CN(c1ccccc1)c1nc(OCc2ccccc2)c2ncn([C@H]3C[C@H](O[Si](C)(C)C(C)(C)C)[C@@H](CO[Si](C)(C)C(C)(C)C)O3)c2n1. The average molecular weight is 676 g/mol. The quantitative estimate of drug-likeness (QED) is 0.146. The molecule has 4 aromatic rings. The van der Waals surface area contributed by atoms with Crippen LogP contribution in [-0.4, -0.2) is 62.0 Å².